The zero-order valence-corrected chi connectivity index (χ0v) is 14.3. The van der Waals surface area contributed by atoms with Crippen molar-refractivity contribution in [1.29, 1.82) is 0 Å². The number of nitrogens with zero attached hydrogens (tertiary/aromatic N) is 2. The fourth-order valence-corrected chi connectivity index (χ4v) is 2.82. The van der Waals surface area contributed by atoms with Crippen LogP contribution in [0.25, 0.3) is 0 Å². The third-order valence-electron chi connectivity index (χ3n) is 4.29. The van der Waals surface area contributed by atoms with Crippen LogP contribution in [0.5, 0.6) is 0 Å². The van der Waals surface area contributed by atoms with E-state index in [-0.39, 0.29) is 5.82 Å². The van der Waals surface area contributed by atoms with Gasteiger partial charge in [-0.05, 0) is 25.5 Å². The number of ether oxygens (including phenoxy) is 1. The lowest BCUT2D eigenvalue weighted by Gasteiger charge is -2.24. The first-order valence-corrected chi connectivity index (χ1v) is 8.44. The molecule has 1 amide bonds. The van der Waals surface area contributed by atoms with Gasteiger partial charge in [-0.2, -0.15) is 4.98 Å². The molecule has 1 aromatic heterocycles. The van der Waals surface area contributed by atoms with E-state index in [2.05, 4.69) is 10.3 Å². The van der Waals surface area contributed by atoms with Crippen molar-refractivity contribution in [3.8, 4) is 0 Å². The van der Waals surface area contributed by atoms with Gasteiger partial charge in [0.2, 0.25) is 5.91 Å². The predicted octanol–water partition coefficient (Wildman–Crippen LogP) is -2.98. The van der Waals surface area contributed by atoms with Gasteiger partial charge in [-0.3, -0.25) is 9.36 Å². The van der Waals surface area contributed by atoms with E-state index in [1.165, 1.54) is 12.3 Å². The summed E-state index contributed by atoms with van der Waals surface area (Å²) in [7, 11) is 0. The molecule has 26 heavy (non-hydrogen) atoms. The number of carbonyl (C=O) groups is 1. The van der Waals surface area contributed by atoms with Gasteiger partial charge in [0, 0.05) is 6.20 Å². The summed E-state index contributed by atoms with van der Waals surface area (Å²) in [5.74, 6) is -0.458. The predicted molar refractivity (Wildman–Crippen MR) is 92.7 cm³/mol. The molecule has 1 fully saturated rings. The van der Waals surface area contributed by atoms with Crippen molar-refractivity contribution in [3.05, 3.63) is 22.7 Å². The van der Waals surface area contributed by atoms with Crippen molar-refractivity contribution < 1.29 is 19.7 Å². The molecule has 0 spiro atoms. The Hall–Kier alpha value is -2.05. The first kappa shape index (κ1) is 20.3. The van der Waals surface area contributed by atoms with E-state index in [1.807, 2.05) is 0 Å². The maximum atomic E-state index is 12.3. The van der Waals surface area contributed by atoms with Gasteiger partial charge in [-0.25, -0.2) is 4.79 Å². The van der Waals surface area contributed by atoms with Crippen LogP contribution in [0.4, 0.5) is 5.82 Å². The molecule has 0 bridgehead atoms. The van der Waals surface area contributed by atoms with Gasteiger partial charge in [-0.15, -0.1) is 0 Å². The van der Waals surface area contributed by atoms with Crippen LogP contribution < -0.4 is 28.2 Å². The topological polar surface area (TPSA) is 192 Å². The molecule has 11 heteroatoms. The number of anilines is 1. The standard InChI is InChI=1S/C15H26N6O5/c16-5-2-1-3-8(17)13(24)20-11-12(23)9(7-22)26-14(11)21-6-4-10(18)19-15(21)25/h4,6,8-9,11-12,14,22-23H,1-3,5,7,16-17H2,(H,20,24)(H2,18,19,25)/t8-,9+,11+,12+,14+/m0/s1. The minimum atomic E-state index is -1.23. The number of amides is 1. The van der Waals surface area contributed by atoms with E-state index < -0.39 is 48.7 Å². The zero-order valence-electron chi connectivity index (χ0n) is 14.3. The second kappa shape index (κ2) is 9.05. The molecule has 146 valence electrons. The Morgan fingerprint density at radius 2 is 2.19 bits per heavy atom. The highest BCUT2D eigenvalue weighted by Gasteiger charge is 2.45. The third-order valence-corrected chi connectivity index (χ3v) is 4.29. The van der Waals surface area contributed by atoms with Crippen molar-refractivity contribution in [3.63, 3.8) is 0 Å². The van der Waals surface area contributed by atoms with Gasteiger partial charge in [0.1, 0.15) is 24.1 Å². The molecular weight excluding hydrogens is 344 g/mol. The van der Waals surface area contributed by atoms with Crippen LogP contribution >= 0.6 is 0 Å². The highest BCUT2D eigenvalue weighted by molar-refractivity contribution is 5.81. The molecule has 0 saturated carbocycles. The molecule has 1 saturated heterocycles. The number of hydrogen-bond acceptors (Lipinski definition) is 9. The van der Waals surface area contributed by atoms with Gasteiger partial charge < -0.3 is 37.5 Å². The maximum Gasteiger partial charge on any atom is 0.351 e. The minimum absolute atomic E-state index is 0.0333. The van der Waals surface area contributed by atoms with E-state index in [0.29, 0.717) is 19.4 Å². The molecule has 2 heterocycles. The SMILES string of the molecule is NCCCC[C@H](N)C(=O)N[C@@H]1[C@H](O)[C@@H](CO)O[C@H]1n1ccc(N)nc1=O. The Bertz CT molecular complexity index is 668. The van der Waals surface area contributed by atoms with Crippen LogP contribution in [-0.4, -0.2) is 63.1 Å². The summed E-state index contributed by atoms with van der Waals surface area (Å²) in [5.41, 5.74) is 16.0. The summed E-state index contributed by atoms with van der Waals surface area (Å²) in [6.07, 6.45) is -0.0240. The molecule has 0 aromatic carbocycles. The second-order valence-corrected chi connectivity index (χ2v) is 6.21. The normalized spacial score (nSPS) is 26.6. The lowest BCUT2D eigenvalue weighted by atomic mass is 10.1. The van der Waals surface area contributed by atoms with Gasteiger partial charge in [0.25, 0.3) is 0 Å². The molecule has 1 aromatic rings. The van der Waals surface area contributed by atoms with Gasteiger partial charge >= 0.3 is 5.69 Å². The zero-order chi connectivity index (χ0) is 19.3. The molecule has 0 radical (unpaired) electrons. The van der Waals surface area contributed by atoms with Crippen LogP contribution in [0.15, 0.2) is 17.1 Å². The molecule has 0 unspecified atom stereocenters. The average molecular weight is 370 g/mol. The fraction of sp³-hybridized carbons (Fsp3) is 0.667. The van der Waals surface area contributed by atoms with Crippen LogP contribution in [0, 0.1) is 0 Å². The molecule has 1 aliphatic heterocycles. The maximum absolute atomic E-state index is 12.3. The van der Waals surface area contributed by atoms with Crippen LogP contribution in [0.1, 0.15) is 25.5 Å². The van der Waals surface area contributed by atoms with Crippen LogP contribution in [-0.2, 0) is 9.53 Å². The number of hydrogen-bond donors (Lipinski definition) is 6. The second-order valence-electron chi connectivity index (χ2n) is 6.21. The molecule has 11 nitrogen and oxygen atoms in total. The summed E-state index contributed by atoms with van der Waals surface area (Å²) >= 11 is 0. The Labute approximate surface area is 150 Å². The quantitative estimate of drug-likeness (QED) is 0.259. The largest absolute Gasteiger partial charge is 0.394 e. The number of aromatic nitrogens is 2. The summed E-state index contributed by atoms with van der Waals surface area (Å²) < 4.78 is 6.63. The number of aliphatic hydroxyl groups is 2. The Kier molecular flexibility index (Phi) is 7.06. The monoisotopic (exact) mass is 370 g/mol. The first-order valence-electron chi connectivity index (χ1n) is 8.44. The summed E-state index contributed by atoms with van der Waals surface area (Å²) in [6, 6.07) is -0.381. The third kappa shape index (κ3) is 4.56. The molecular formula is C15H26N6O5. The minimum Gasteiger partial charge on any atom is -0.394 e. The number of unbranched alkanes of at least 4 members (excludes halogenated alkanes) is 1. The number of nitrogens with one attached hydrogen (secondary N) is 1. The average Bonchev–Trinajstić information content (AvgIpc) is 2.91. The van der Waals surface area contributed by atoms with E-state index in [9.17, 15) is 19.8 Å². The Morgan fingerprint density at radius 1 is 1.46 bits per heavy atom. The van der Waals surface area contributed by atoms with E-state index in [4.69, 9.17) is 21.9 Å². The van der Waals surface area contributed by atoms with Gasteiger partial charge in [0.05, 0.1) is 12.6 Å². The van der Waals surface area contributed by atoms with Crippen LogP contribution in [0.3, 0.4) is 0 Å². The Balaban J connectivity index is 2.16. The van der Waals surface area contributed by atoms with Crippen molar-refractivity contribution in [1.82, 2.24) is 14.9 Å². The van der Waals surface area contributed by atoms with Crippen molar-refractivity contribution in [2.24, 2.45) is 11.5 Å². The van der Waals surface area contributed by atoms with Crippen LogP contribution in [0.2, 0.25) is 0 Å². The van der Waals surface area contributed by atoms with Crippen molar-refractivity contribution in [2.75, 3.05) is 18.9 Å². The first-order chi connectivity index (χ1) is 12.4. The highest BCUT2D eigenvalue weighted by atomic mass is 16.5. The highest BCUT2D eigenvalue weighted by Crippen LogP contribution is 2.28. The number of aliphatic hydroxyl groups excluding tert-OH is 2. The van der Waals surface area contributed by atoms with E-state index in [1.54, 1.807) is 0 Å². The molecule has 9 N–H and O–H groups in total. The molecule has 5 atom stereocenters. The summed E-state index contributed by atoms with van der Waals surface area (Å²) in [5, 5.41) is 22.3. The number of carbonyl (C=O) groups excluding carboxylic acids is 1. The Morgan fingerprint density at radius 3 is 2.81 bits per heavy atom. The van der Waals surface area contributed by atoms with E-state index in [0.717, 1.165) is 11.0 Å². The van der Waals surface area contributed by atoms with Gasteiger partial charge in [0.15, 0.2) is 6.23 Å². The lowest BCUT2D eigenvalue weighted by Crippen LogP contribution is -2.52. The number of nitrogens with two attached hydrogens (primary N) is 3. The fourth-order valence-electron chi connectivity index (χ4n) is 2.82. The van der Waals surface area contributed by atoms with Crippen molar-refractivity contribution >= 4 is 11.7 Å². The molecule has 2 rings (SSSR count). The number of nitrogen functional groups attached to an aromatic ring is 1. The summed E-state index contributed by atoms with van der Waals surface area (Å²) in [4.78, 5) is 28.0. The van der Waals surface area contributed by atoms with Gasteiger partial charge in [-0.1, -0.05) is 6.42 Å². The molecule has 0 aliphatic carbocycles. The summed E-state index contributed by atoms with van der Waals surface area (Å²) in [6.45, 7) is 0.0283. The molecule has 1 aliphatic rings. The smallest absolute Gasteiger partial charge is 0.351 e. The lowest BCUT2D eigenvalue weighted by molar-refractivity contribution is -0.124. The van der Waals surface area contributed by atoms with Crippen molar-refractivity contribution in [2.45, 2.75) is 49.8 Å². The number of rotatable bonds is 8. The van der Waals surface area contributed by atoms with E-state index >= 15 is 0 Å².